The van der Waals surface area contributed by atoms with Crippen LogP contribution in [0, 0.1) is 0 Å². The molecule has 72 valence electrons. The molecule has 0 saturated carbocycles. The zero-order valence-electron chi connectivity index (χ0n) is 8.12. The van der Waals surface area contributed by atoms with Gasteiger partial charge in [0, 0.05) is 12.5 Å². The van der Waals surface area contributed by atoms with E-state index < -0.39 is 0 Å². The van der Waals surface area contributed by atoms with Gasteiger partial charge in [0.15, 0.2) is 5.78 Å². The standard InChI is InChI=1S/C12H12O2/c1-3-4-11(13)9-10-5-7-12(14-2)8-6-10/h4-8H,1,9H2,2H3. The molecule has 0 fully saturated rings. The van der Waals surface area contributed by atoms with Crippen molar-refractivity contribution >= 4 is 5.78 Å². The fraction of sp³-hybridized carbons (Fsp3) is 0.167. The lowest BCUT2D eigenvalue weighted by Crippen LogP contribution is -1.97. The van der Waals surface area contributed by atoms with Crippen molar-refractivity contribution in [2.75, 3.05) is 7.11 Å². The molecular weight excluding hydrogens is 176 g/mol. The Morgan fingerprint density at radius 3 is 2.64 bits per heavy atom. The average molecular weight is 188 g/mol. The Hall–Kier alpha value is -1.79. The van der Waals surface area contributed by atoms with Gasteiger partial charge in [-0.3, -0.25) is 4.79 Å². The van der Waals surface area contributed by atoms with Gasteiger partial charge in [0.2, 0.25) is 0 Å². The Kier molecular flexibility index (Phi) is 3.71. The summed E-state index contributed by atoms with van der Waals surface area (Å²) < 4.78 is 5.01. The lowest BCUT2D eigenvalue weighted by Gasteiger charge is -2.00. The average Bonchev–Trinajstić information content (AvgIpc) is 2.19. The maximum Gasteiger partial charge on any atom is 0.167 e. The second kappa shape index (κ2) is 5.05. The van der Waals surface area contributed by atoms with Crippen LogP contribution in [0.1, 0.15) is 5.56 Å². The molecular formula is C12H12O2. The summed E-state index contributed by atoms with van der Waals surface area (Å²) in [5.41, 5.74) is 3.42. The lowest BCUT2D eigenvalue weighted by molar-refractivity contribution is -0.114. The number of hydrogen-bond acceptors (Lipinski definition) is 2. The zero-order valence-corrected chi connectivity index (χ0v) is 8.12. The molecule has 1 rings (SSSR count). The molecule has 2 heteroatoms. The molecule has 2 nitrogen and oxygen atoms in total. The Labute approximate surface area is 83.5 Å². The molecule has 0 N–H and O–H groups in total. The first-order chi connectivity index (χ1) is 6.76. The van der Waals surface area contributed by atoms with Gasteiger partial charge in [-0.2, -0.15) is 0 Å². The number of carbonyl (C=O) groups excluding carboxylic acids is 1. The van der Waals surface area contributed by atoms with E-state index in [1.54, 1.807) is 7.11 Å². The Bertz CT molecular complexity index is 356. The molecule has 14 heavy (non-hydrogen) atoms. The van der Waals surface area contributed by atoms with Gasteiger partial charge in [0.1, 0.15) is 5.75 Å². The van der Waals surface area contributed by atoms with E-state index in [0.29, 0.717) is 6.42 Å². The molecule has 0 aromatic heterocycles. The number of ketones is 1. The number of hydrogen-bond donors (Lipinski definition) is 0. The van der Waals surface area contributed by atoms with Gasteiger partial charge in [0.25, 0.3) is 0 Å². The molecule has 0 aliphatic heterocycles. The fourth-order valence-electron chi connectivity index (χ4n) is 1.11. The minimum absolute atomic E-state index is 0.00478. The van der Waals surface area contributed by atoms with Crippen LogP contribution in [0.5, 0.6) is 5.75 Å². The topological polar surface area (TPSA) is 26.3 Å². The van der Waals surface area contributed by atoms with Crippen molar-refractivity contribution in [2.45, 2.75) is 6.42 Å². The number of allylic oxidation sites excluding steroid dienone is 1. The minimum Gasteiger partial charge on any atom is -0.497 e. The van der Waals surface area contributed by atoms with Gasteiger partial charge in [-0.1, -0.05) is 18.7 Å². The normalized spacial score (nSPS) is 8.93. The summed E-state index contributed by atoms with van der Waals surface area (Å²) in [6.45, 7) is 3.35. The van der Waals surface area contributed by atoms with Gasteiger partial charge >= 0.3 is 0 Å². The van der Waals surface area contributed by atoms with E-state index in [2.05, 4.69) is 12.3 Å². The molecule has 0 radical (unpaired) electrons. The summed E-state index contributed by atoms with van der Waals surface area (Å²) in [6.07, 6.45) is 1.73. The summed E-state index contributed by atoms with van der Waals surface area (Å²) in [5, 5.41) is 0. The van der Waals surface area contributed by atoms with Crippen molar-refractivity contribution in [1.82, 2.24) is 0 Å². The minimum atomic E-state index is 0.00478. The molecule has 0 heterocycles. The molecule has 0 spiro atoms. The molecule has 0 atom stereocenters. The molecule has 0 amide bonds. The largest absolute Gasteiger partial charge is 0.497 e. The van der Waals surface area contributed by atoms with Crippen molar-refractivity contribution in [1.29, 1.82) is 0 Å². The van der Waals surface area contributed by atoms with E-state index in [1.165, 1.54) is 6.08 Å². The summed E-state index contributed by atoms with van der Waals surface area (Å²) >= 11 is 0. The highest BCUT2D eigenvalue weighted by Crippen LogP contribution is 2.11. The van der Waals surface area contributed by atoms with E-state index in [1.807, 2.05) is 24.3 Å². The van der Waals surface area contributed by atoms with Crippen LogP contribution in [-0.4, -0.2) is 12.9 Å². The van der Waals surface area contributed by atoms with Crippen molar-refractivity contribution in [3.8, 4) is 5.75 Å². The van der Waals surface area contributed by atoms with Crippen LogP contribution in [-0.2, 0) is 11.2 Å². The third kappa shape index (κ3) is 2.92. The van der Waals surface area contributed by atoms with Gasteiger partial charge in [0.05, 0.1) is 7.11 Å². The maximum absolute atomic E-state index is 11.2. The monoisotopic (exact) mass is 188 g/mol. The van der Waals surface area contributed by atoms with Crippen LogP contribution in [0.2, 0.25) is 0 Å². The molecule has 0 saturated heterocycles. The second-order valence-electron chi connectivity index (χ2n) is 2.84. The number of carbonyl (C=O) groups is 1. The Morgan fingerprint density at radius 1 is 1.50 bits per heavy atom. The van der Waals surface area contributed by atoms with Gasteiger partial charge in [-0.15, -0.1) is 5.73 Å². The van der Waals surface area contributed by atoms with Crippen LogP contribution in [0.4, 0.5) is 0 Å². The first-order valence-corrected chi connectivity index (χ1v) is 4.28. The molecule has 1 aromatic rings. The predicted molar refractivity (Wildman–Crippen MR) is 55.4 cm³/mol. The molecule has 1 aromatic carbocycles. The maximum atomic E-state index is 11.2. The molecule has 0 unspecified atom stereocenters. The van der Waals surface area contributed by atoms with Crippen LogP contribution in [0.15, 0.2) is 42.7 Å². The van der Waals surface area contributed by atoms with Crippen LogP contribution >= 0.6 is 0 Å². The zero-order chi connectivity index (χ0) is 10.4. The summed E-state index contributed by atoms with van der Waals surface area (Å²) in [5.74, 6) is 0.797. The van der Waals surface area contributed by atoms with Gasteiger partial charge < -0.3 is 4.74 Å². The third-order valence-corrected chi connectivity index (χ3v) is 1.80. The molecule has 0 bridgehead atoms. The van der Waals surface area contributed by atoms with Crippen LogP contribution < -0.4 is 4.74 Å². The van der Waals surface area contributed by atoms with Crippen molar-refractivity contribution in [2.24, 2.45) is 0 Å². The number of methoxy groups -OCH3 is 1. The van der Waals surface area contributed by atoms with E-state index >= 15 is 0 Å². The third-order valence-electron chi connectivity index (χ3n) is 1.80. The summed E-state index contributed by atoms with van der Waals surface area (Å²) in [4.78, 5) is 11.2. The van der Waals surface area contributed by atoms with E-state index in [9.17, 15) is 4.79 Å². The van der Waals surface area contributed by atoms with E-state index in [4.69, 9.17) is 4.74 Å². The summed E-state index contributed by atoms with van der Waals surface area (Å²) in [7, 11) is 1.61. The van der Waals surface area contributed by atoms with Crippen molar-refractivity contribution in [3.05, 3.63) is 48.2 Å². The number of benzene rings is 1. The fourth-order valence-corrected chi connectivity index (χ4v) is 1.11. The van der Waals surface area contributed by atoms with Crippen molar-refractivity contribution in [3.63, 3.8) is 0 Å². The predicted octanol–water partition coefficient (Wildman–Crippen LogP) is 2.15. The van der Waals surface area contributed by atoms with E-state index in [-0.39, 0.29) is 5.78 Å². The first kappa shape index (κ1) is 10.3. The highest BCUT2D eigenvalue weighted by Gasteiger charge is 1.99. The van der Waals surface area contributed by atoms with E-state index in [0.717, 1.165) is 11.3 Å². The molecule has 0 aliphatic rings. The highest BCUT2D eigenvalue weighted by molar-refractivity contribution is 5.91. The second-order valence-corrected chi connectivity index (χ2v) is 2.84. The Balaban J connectivity index is 2.68. The van der Waals surface area contributed by atoms with Crippen LogP contribution in [0.25, 0.3) is 0 Å². The highest BCUT2D eigenvalue weighted by atomic mass is 16.5. The Morgan fingerprint density at radius 2 is 2.14 bits per heavy atom. The number of ether oxygens (including phenoxy) is 1. The van der Waals surface area contributed by atoms with Crippen LogP contribution in [0.3, 0.4) is 0 Å². The molecule has 0 aliphatic carbocycles. The lowest BCUT2D eigenvalue weighted by atomic mass is 10.1. The van der Waals surface area contributed by atoms with Gasteiger partial charge in [-0.05, 0) is 17.7 Å². The number of rotatable bonds is 4. The first-order valence-electron chi connectivity index (χ1n) is 4.28. The van der Waals surface area contributed by atoms with Crippen molar-refractivity contribution < 1.29 is 9.53 Å². The smallest absolute Gasteiger partial charge is 0.167 e. The van der Waals surface area contributed by atoms with Gasteiger partial charge in [-0.25, -0.2) is 0 Å². The summed E-state index contributed by atoms with van der Waals surface area (Å²) in [6, 6.07) is 7.40. The quantitative estimate of drug-likeness (QED) is 0.534. The SMILES string of the molecule is C=C=CC(=O)Cc1ccc(OC)cc1.